The van der Waals surface area contributed by atoms with Crippen LogP contribution in [0.5, 0.6) is 5.75 Å². The molecule has 0 fully saturated rings. The van der Waals surface area contributed by atoms with Crippen LogP contribution in [0.1, 0.15) is 28.5 Å². The molecule has 0 aliphatic rings. The summed E-state index contributed by atoms with van der Waals surface area (Å²) in [7, 11) is 0. The molecule has 1 aromatic rings. The minimum absolute atomic E-state index is 0.0743. The van der Waals surface area contributed by atoms with E-state index in [9.17, 15) is 14.7 Å². The van der Waals surface area contributed by atoms with Gasteiger partial charge in [0.05, 0.1) is 0 Å². The molecule has 5 nitrogen and oxygen atoms in total. The lowest BCUT2D eigenvalue weighted by molar-refractivity contribution is 0.101. The maximum absolute atomic E-state index is 11.2. The Morgan fingerprint density at radius 3 is 2.57 bits per heavy atom. The van der Waals surface area contributed by atoms with E-state index >= 15 is 0 Å². The highest BCUT2D eigenvalue weighted by Gasteiger charge is 2.17. The van der Waals surface area contributed by atoms with Crippen molar-refractivity contribution in [2.75, 3.05) is 0 Å². The number of carbonyl (C=O) groups is 1. The summed E-state index contributed by atoms with van der Waals surface area (Å²) in [6.45, 7) is 2.63. The normalized spacial score (nSPS) is 9.50. The summed E-state index contributed by atoms with van der Waals surface area (Å²) in [5.41, 5.74) is -0.867. The third kappa shape index (κ3) is 1.38. The van der Waals surface area contributed by atoms with Crippen molar-refractivity contribution < 1.29 is 9.90 Å². The number of rotatable bonds is 1. The Morgan fingerprint density at radius 1 is 1.57 bits per heavy atom. The van der Waals surface area contributed by atoms with Gasteiger partial charge in [-0.3, -0.25) is 9.59 Å². The fraction of sp³-hybridized carbons (Fsp3) is 0.222. The molecule has 1 heterocycles. The zero-order valence-electron chi connectivity index (χ0n) is 7.71. The third-order valence-corrected chi connectivity index (χ3v) is 1.84. The van der Waals surface area contributed by atoms with Gasteiger partial charge < -0.3 is 10.1 Å². The zero-order valence-corrected chi connectivity index (χ0v) is 7.71. The molecule has 1 rings (SSSR count). The standard InChI is InChI=1S/C9H8N2O3/c1-4-6(3-10)8(13)7(5(2)12)9(14)11-4/h1-2H3,(H2,11,13,14). The van der Waals surface area contributed by atoms with Crippen LogP contribution in [-0.2, 0) is 0 Å². The Labute approximate surface area is 79.6 Å². The van der Waals surface area contributed by atoms with Gasteiger partial charge in [0.25, 0.3) is 5.56 Å². The number of aromatic amines is 1. The summed E-state index contributed by atoms with van der Waals surface area (Å²) in [5.74, 6) is -1.11. The SMILES string of the molecule is CC(=O)c1c(O)c(C#N)c(C)[nH]c1=O. The number of carbonyl (C=O) groups excluding carboxylic acids is 1. The van der Waals surface area contributed by atoms with Crippen molar-refractivity contribution in [3.05, 3.63) is 27.2 Å². The first-order valence-corrected chi connectivity index (χ1v) is 3.86. The zero-order chi connectivity index (χ0) is 10.9. The summed E-state index contributed by atoms with van der Waals surface area (Å²) in [4.78, 5) is 24.5. The van der Waals surface area contributed by atoms with E-state index in [1.807, 2.05) is 0 Å². The summed E-state index contributed by atoms with van der Waals surface area (Å²) < 4.78 is 0. The maximum Gasteiger partial charge on any atom is 0.262 e. The van der Waals surface area contributed by atoms with Crippen LogP contribution in [0.2, 0.25) is 0 Å². The van der Waals surface area contributed by atoms with Crippen LogP contribution in [0, 0.1) is 18.3 Å². The number of Topliss-reactive ketones (excluding diaryl/α,β-unsaturated/α-hetero) is 1. The highest BCUT2D eigenvalue weighted by molar-refractivity contribution is 5.97. The van der Waals surface area contributed by atoms with E-state index in [1.54, 1.807) is 6.07 Å². The second-order valence-corrected chi connectivity index (χ2v) is 2.85. The van der Waals surface area contributed by atoms with Crippen LogP contribution in [0.15, 0.2) is 4.79 Å². The van der Waals surface area contributed by atoms with Crippen molar-refractivity contribution in [3.8, 4) is 11.8 Å². The molecule has 0 aliphatic carbocycles. The molecule has 0 saturated carbocycles. The molecule has 14 heavy (non-hydrogen) atoms. The number of hydrogen-bond donors (Lipinski definition) is 2. The molecule has 0 saturated heterocycles. The predicted octanol–water partition coefficient (Wildman–Crippen LogP) is 0.463. The average molecular weight is 192 g/mol. The van der Waals surface area contributed by atoms with Gasteiger partial charge in [-0.1, -0.05) is 0 Å². The Kier molecular flexibility index (Phi) is 2.38. The van der Waals surface area contributed by atoms with Crippen LogP contribution < -0.4 is 5.56 Å². The van der Waals surface area contributed by atoms with Crippen LogP contribution in [-0.4, -0.2) is 15.9 Å². The second-order valence-electron chi connectivity index (χ2n) is 2.85. The van der Waals surface area contributed by atoms with Gasteiger partial charge in [-0.05, 0) is 13.8 Å². The predicted molar refractivity (Wildman–Crippen MR) is 48.2 cm³/mol. The van der Waals surface area contributed by atoms with Crippen LogP contribution in [0.25, 0.3) is 0 Å². The van der Waals surface area contributed by atoms with Crippen molar-refractivity contribution in [1.29, 1.82) is 5.26 Å². The second kappa shape index (κ2) is 3.34. The number of ketones is 1. The van der Waals surface area contributed by atoms with Gasteiger partial charge in [0, 0.05) is 5.69 Å². The number of aromatic nitrogens is 1. The van der Waals surface area contributed by atoms with Gasteiger partial charge in [-0.15, -0.1) is 0 Å². The molecule has 72 valence electrons. The van der Waals surface area contributed by atoms with Crippen LogP contribution >= 0.6 is 0 Å². The van der Waals surface area contributed by atoms with Crippen molar-refractivity contribution in [2.45, 2.75) is 13.8 Å². The molecule has 0 bridgehead atoms. The molecule has 0 radical (unpaired) electrons. The molecule has 0 amide bonds. The molecule has 5 heteroatoms. The highest BCUT2D eigenvalue weighted by Crippen LogP contribution is 2.20. The number of nitrogens with one attached hydrogen (secondary N) is 1. The monoisotopic (exact) mass is 192 g/mol. The van der Waals surface area contributed by atoms with E-state index in [4.69, 9.17) is 5.26 Å². The first-order chi connectivity index (χ1) is 6.49. The summed E-state index contributed by atoms with van der Waals surface area (Å²) >= 11 is 0. The molecular weight excluding hydrogens is 184 g/mol. The first-order valence-electron chi connectivity index (χ1n) is 3.86. The Bertz CT molecular complexity index is 494. The van der Waals surface area contributed by atoms with Crippen molar-refractivity contribution in [2.24, 2.45) is 0 Å². The average Bonchev–Trinajstić information content (AvgIpc) is 2.02. The Balaban J connectivity index is 3.72. The minimum Gasteiger partial charge on any atom is -0.506 e. The molecule has 0 aromatic carbocycles. The molecule has 1 aromatic heterocycles. The first kappa shape index (κ1) is 9.99. The van der Waals surface area contributed by atoms with Crippen molar-refractivity contribution in [3.63, 3.8) is 0 Å². The minimum atomic E-state index is -0.675. The lowest BCUT2D eigenvalue weighted by atomic mass is 10.1. The largest absolute Gasteiger partial charge is 0.506 e. The van der Waals surface area contributed by atoms with Gasteiger partial charge in [0.2, 0.25) is 0 Å². The van der Waals surface area contributed by atoms with E-state index in [2.05, 4.69) is 4.98 Å². The molecule has 0 spiro atoms. The number of pyridine rings is 1. The quantitative estimate of drug-likeness (QED) is 0.632. The molecular formula is C9H8N2O3. The summed E-state index contributed by atoms with van der Waals surface area (Å²) in [6.07, 6.45) is 0. The molecule has 0 atom stereocenters. The number of nitrogens with zero attached hydrogens (tertiary/aromatic N) is 1. The number of aryl methyl sites for hydroxylation is 1. The number of aromatic hydroxyl groups is 1. The smallest absolute Gasteiger partial charge is 0.262 e. The molecule has 0 aliphatic heterocycles. The number of hydrogen-bond acceptors (Lipinski definition) is 4. The third-order valence-electron chi connectivity index (χ3n) is 1.84. The van der Waals surface area contributed by atoms with E-state index < -0.39 is 17.1 Å². The lowest BCUT2D eigenvalue weighted by Gasteiger charge is -2.03. The topological polar surface area (TPSA) is 93.9 Å². The van der Waals surface area contributed by atoms with Gasteiger partial charge >= 0.3 is 0 Å². The fourth-order valence-corrected chi connectivity index (χ4v) is 1.17. The van der Waals surface area contributed by atoms with Gasteiger partial charge in [-0.25, -0.2) is 0 Å². The van der Waals surface area contributed by atoms with E-state index in [0.29, 0.717) is 0 Å². The maximum atomic E-state index is 11.2. The summed E-state index contributed by atoms with van der Waals surface area (Å²) in [5, 5.41) is 18.1. The van der Waals surface area contributed by atoms with Crippen molar-refractivity contribution in [1.82, 2.24) is 4.98 Å². The van der Waals surface area contributed by atoms with Crippen LogP contribution in [0.4, 0.5) is 0 Å². The van der Waals surface area contributed by atoms with Crippen molar-refractivity contribution >= 4 is 5.78 Å². The lowest BCUT2D eigenvalue weighted by Crippen LogP contribution is -2.18. The fourth-order valence-electron chi connectivity index (χ4n) is 1.17. The number of H-pyrrole nitrogens is 1. The van der Waals surface area contributed by atoms with Crippen LogP contribution in [0.3, 0.4) is 0 Å². The van der Waals surface area contributed by atoms with E-state index in [1.165, 1.54) is 6.92 Å². The molecule has 0 unspecified atom stereocenters. The van der Waals surface area contributed by atoms with Gasteiger partial charge in [0.1, 0.15) is 17.2 Å². The Morgan fingerprint density at radius 2 is 2.14 bits per heavy atom. The van der Waals surface area contributed by atoms with Gasteiger partial charge in [-0.2, -0.15) is 5.26 Å². The molecule has 2 N–H and O–H groups in total. The van der Waals surface area contributed by atoms with Gasteiger partial charge in [0.15, 0.2) is 11.5 Å². The Hall–Kier alpha value is -2.09. The summed E-state index contributed by atoms with van der Waals surface area (Å²) in [6, 6.07) is 1.71. The number of nitriles is 1. The van der Waals surface area contributed by atoms with E-state index in [0.717, 1.165) is 6.92 Å². The van der Waals surface area contributed by atoms with E-state index in [-0.39, 0.29) is 16.8 Å². The highest BCUT2D eigenvalue weighted by atomic mass is 16.3.